The molecule has 0 radical (unpaired) electrons. The first kappa shape index (κ1) is 18.7. The highest BCUT2D eigenvalue weighted by Gasteiger charge is 2.25. The Bertz CT molecular complexity index is 563. The van der Waals surface area contributed by atoms with Crippen molar-refractivity contribution in [2.45, 2.75) is 24.3 Å². The molecule has 1 aromatic carbocycles. The standard InChI is InChI=1S/C19H28N2O3S/c1-16-5-2-3-6-18(16)25-15-19(22)21-7-4-10-24-17(14-21)13-20-8-11-23-12-9-20/h2-3,5-6,17H,4,7-15H2,1H3/t17-/m1/s1. The van der Waals surface area contributed by atoms with E-state index in [4.69, 9.17) is 9.47 Å². The van der Waals surface area contributed by atoms with E-state index in [1.165, 1.54) is 10.5 Å². The first-order chi connectivity index (χ1) is 12.2. The number of hydrogen-bond donors (Lipinski definition) is 0. The molecule has 2 heterocycles. The molecule has 1 aromatic rings. The van der Waals surface area contributed by atoms with Crippen molar-refractivity contribution in [3.05, 3.63) is 29.8 Å². The van der Waals surface area contributed by atoms with Crippen LogP contribution in [0.25, 0.3) is 0 Å². The van der Waals surface area contributed by atoms with E-state index < -0.39 is 0 Å². The van der Waals surface area contributed by atoms with Crippen LogP contribution < -0.4 is 0 Å². The van der Waals surface area contributed by atoms with E-state index in [0.29, 0.717) is 12.3 Å². The lowest BCUT2D eigenvalue weighted by Gasteiger charge is -2.31. The Hall–Kier alpha value is -1.08. The van der Waals surface area contributed by atoms with Gasteiger partial charge in [0.2, 0.25) is 5.91 Å². The van der Waals surface area contributed by atoms with Crippen LogP contribution in [0.3, 0.4) is 0 Å². The van der Waals surface area contributed by atoms with Gasteiger partial charge in [0.05, 0.1) is 25.1 Å². The van der Waals surface area contributed by atoms with Crippen LogP contribution in [0.2, 0.25) is 0 Å². The maximum absolute atomic E-state index is 12.7. The first-order valence-corrected chi connectivity index (χ1v) is 10.1. The second kappa shape index (κ2) is 9.57. The van der Waals surface area contributed by atoms with Crippen LogP contribution in [0.5, 0.6) is 0 Å². The lowest BCUT2D eigenvalue weighted by Crippen LogP contribution is -2.46. The van der Waals surface area contributed by atoms with Gasteiger partial charge in [0.15, 0.2) is 0 Å². The highest BCUT2D eigenvalue weighted by atomic mass is 32.2. The van der Waals surface area contributed by atoms with Crippen LogP contribution in [0.15, 0.2) is 29.2 Å². The smallest absolute Gasteiger partial charge is 0.233 e. The quantitative estimate of drug-likeness (QED) is 0.748. The van der Waals surface area contributed by atoms with Crippen molar-refractivity contribution in [1.29, 1.82) is 0 Å². The number of amides is 1. The van der Waals surface area contributed by atoms with Crippen LogP contribution in [0.4, 0.5) is 0 Å². The number of carbonyl (C=O) groups is 1. The van der Waals surface area contributed by atoms with Gasteiger partial charge in [0, 0.05) is 44.2 Å². The topological polar surface area (TPSA) is 42.0 Å². The molecule has 0 bridgehead atoms. The average Bonchev–Trinajstić information content (AvgIpc) is 2.87. The SMILES string of the molecule is Cc1ccccc1SCC(=O)N1CCCO[C@H](CN2CCOCC2)C1. The van der Waals surface area contributed by atoms with Crippen molar-refractivity contribution in [3.8, 4) is 0 Å². The predicted molar refractivity (Wildman–Crippen MR) is 100 cm³/mol. The highest BCUT2D eigenvalue weighted by molar-refractivity contribution is 8.00. The number of thioether (sulfide) groups is 1. The van der Waals surface area contributed by atoms with Crippen molar-refractivity contribution in [2.75, 3.05) is 58.3 Å². The molecule has 0 aromatic heterocycles. The summed E-state index contributed by atoms with van der Waals surface area (Å²) >= 11 is 1.63. The number of ether oxygens (including phenoxy) is 2. The summed E-state index contributed by atoms with van der Waals surface area (Å²) in [5.41, 5.74) is 1.23. The maximum atomic E-state index is 12.7. The van der Waals surface area contributed by atoms with E-state index in [1.54, 1.807) is 11.8 Å². The molecule has 0 saturated carbocycles. The minimum atomic E-state index is 0.105. The largest absolute Gasteiger partial charge is 0.379 e. The molecule has 3 rings (SSSR count). The fraction of sp³-hybridized carbons (Fsp3) is 0.632. The van der Waals surface area contributed by atoms with Gasteiger partial charge in [0.1, 0.15) is 0 Å². The molecule has 0 unspecified atom stereocenters. The van der Waals surface area contributed by atoms with Gasteiger partial charge >= 0.3 is 0 Å². The van der Waals surface area contributed by atoms with E-state index >= 15 is 0 Å². The van der Waals surface area contributed by atoms with Gasteiger partial charge in [-0.15, -0.1) is 11.8 Å². The number of carbonyl (C=O) groups excluding carboxylic acids is 1. The Kier molecular flexibility index (Phi) is 7.16. The summed E-state index contributed by atoms with van der Waals surface area (Å²) < 4.78 is 11.4. The summed E-state index contributed by atoms with van der Waals surface area (Å²) in [6.07, 6.45) is 1.02. The average molecular weight is 365 g/mol. The predicted octanol–water partition coefficient (Wildman–Crippen LogP) is 2.04. The van der Waals surface area contributed by atoms with Gasteiger partial charge in [-0.3, -0.25) is 9.69 Å². The molecule has 1 atom stereocenters. The second-order valence-electron chi connectivity index (χ2n) is 6.65. The summed E-state index contributed by atoms with van der Waals surface area (Å²) in [5, 5.41) is 0. The van der Waals surface area contributed by atoms with Crippen molar-refractivity contribution in [2.24, 2.45) is 0 Å². The molecule has 138 valence electrons. The summed E-state index contributed by atoms with van der Waals surface area (Å²) in [5.74, 6) is 0.709. The highest BCUT2D eigenvalue weighted by Crippen LogP contribution is 2.22. The number of benzene rings is 1. The molecule has 5 nitrogen and oxygen atoms in total. The zero-order chi connectivity index (χ0) is 17.5. The lowest BCUT2D eigenvalue weighted by molar-refractivity contribution is -0.129. The third-order valence-electron chi connectivity index (χ3n) is 4.71. The molecular formula is C19H28N2O3S. The van der Waals surface area contributed by atoms with Crippen LogP contribution in [0.1, 0.15) is 12.0 Å². The van der Waals surface area contributed by atoms with Crippen LogP contribution in [-0.2, 0) is 14.3 Å². The molecular weight excluding hydrogens is 336 g/mol. The Morgan fingerprint density at radius 1 is 1.20 bits per heavy atom. The van der Waals surface area contributed by atoms with E-state index in [2.05, 4.69) is 24.0 Å². The van der Waals surface area contributed by atoms with Crippen LogP contribution >= 0.6 is 11.8 Å². The zero-order valence-electron chi connectivity index (χ0n) is 15.0. The summed E-state index contributed by atoms with van der Waals surface area (Å²) in [4.78, 5) is 18.2. The fourth-order valence-corrected chi connectivity index (χ4v) is 4.19. The Morgan fingerprint density at radius 2 is 2.00 bits per heavy atom. The molecule has 2 saturated heterocycles. The number of morpholine rings is 1. The van der Waals surface area contributed by atoms with E-state index in [1.807, 2.05) is 17.0 Å². The Labute approximate surface area is 154 Å². The molecule has 0 N–H and O–H groups in total. The molecule has 2 aliphatic heterocycles. The van der Waals surface area contributed by atoms with Gasteiger partial charge in [-0.25, -0.2) is 0 Å². The third kappa shape index (κ3) is 5.71. The van der Waals surface area contributed by atoms with Gasteiger partial charge in [-0.05, 0) is 25.0 Å². The van der Waals surface area contributed by atoms with Crippen LogP contribution in [0, 0.1) is 6.92 Å². The summed E-state index contributed by atoms with van der Waals surface area (Å²) in [6.45, 7) is 8.71. The van der Waals surface area contributed by atoms with Crippen LogP contribution in [-0.4, -0.2) is 80.1 Å². The molecule has 2 aliphatic rings. The minimum Gasteiger partial charge on any atom is -0.379 e. The molecule has 0 spiro atoms. The normalized spacial score (nSPS) is 22.6. The number of aryl methyl sites for hydroxylation is 1. The summed E-state index contributed by atoms with van der Waals surface area (Å²) in [6, 6.07) is 8.23. The van der Waals surface area contributed by atoms with Crippen molar-refractivity contribution >= 4 is 17.7 Å². The first-order valence-electron chi connectivity index (χ1n) is 9.10. The number of hydrogen-bond acceptors (Lipinski definition) is 5. The molecule has 0 aliphatic carbocycles. The zero-order valence-corrected chi connectivity index (χ0v) is 15.8. The Morgan fingerprint density at radius 3 is 2.80 bits per heavy atom. The van der Waals surface area contributed by atoms with E-state index in [-0.39, 0.29) is 12.0 Å². The maximum Gasteiger partial charge on any atom is 0.233 e. The second-order valence-corrected chi connectivity index (χ2v) is 7.67. The molecule has 1 amide bonds. The monoisotopic (exact) mass is 364 g/mol. The van der Waals surface area contributed by atoms with Gasteiger partial charge in [-0.1, -0.05) is 18.2 Å². The van der Waals surface area contributed by atoms with Gasteiger partial charge < -0.3 is 14.4 Å². The molecule has 6 heteroatoms. The minimum absolute atomic E-state index is 0.105. The van der Waals surface area contributed by atoms with Crippen molar-refractivity contribution < 1.29 is 14.3 Å². The molecule has 2 fully saturated rings. The number of rotatable bonds is 5. The lowest BCUT2D eigenvalue weighted by atomic mass is 10.2. The number of nitrogens with zero attached hydrogens (tertiary/aromatic N) is 2. The van der Waals surface area contributed by atoms with E-state index in [0.717, 1.165) is 52.4 Å². The molecule has 25 heavy (non-hydrogen) atoms. The van der Waals surface area contributed by atoms with Gasteiger partial charge in [0.25, 0.3) is 0 Å². The Balaban J connectivity index is 1.51. The van der Waals surface area contributed by atoms with Crippen molar-refractivity contribution in [3.63, 3.8) is 0 Å². The summed E-state index contributed by atoms with van der Waals surface area (Å²) in [7, 11) is 0. The fourth-order valence-electron chi connectivity index (χ4n) is 3.25. The van der Waals surface area contributed by atoms with Gasteiger partial charge in [-0.2, -0.15) is 0 Å². The third-order valence-corrected chi connectivity index (χ3v) is 5.87. The van der Waals surface area contributed by atoms with E-state index in [9.17, 15) is 4.79 Å². The van der Waals surface area contributed by atoms with Crippen molar-refractivity contribution in [1.82, 2.24) is 9.80 Å².